The molecule has 1 N–H and O–H groups in total. The highest BCUT2D eigenvalue weighted by atomic mass is 35.5. The van der Waals surface area contributed by atoms with E-state index in [4.69, 9.17) is 21.1 Å². The van der Waals surface area contributed by atoms with Crippen LogP contribution in [0.25, 0.3) is 16.6 Å². The number of aliphatic hydroxyl groups is 1. The van der Waals surface area contributed by atoms with Crippen LogP contribution in [0, 0.1) is 18.6 Å². The van der Waals surface area contributed by atoms with E-state index in [1.54, 1.807) is 18.2 Å². The molecule has 204 valence electrons. The third-order valence-electron chi connectivity index (χ3n) is 6.55. The minimum atomic E-state index is -1.62. The van der Waals surface area contributed by atoms with Crippen molar-refractivity contribution in [2.45, 2.75) is 39.0 Å². The number of aryl methyl sites for hydroxylation is 1. The summed E-state index contributed by atoms with van der Waals surface area (Å²) in [5, 5.41) is 15.3. The number of aromatic nitrogens is 3. The van der Waals surface area contributed by atoms with E-state index in [2.05, 4.69) is 10.1 Å². The Bertz CT molecular complexity index is 1550. The van der Waals surface area contributed by atoms with Crippen molar-refractivity contribution < 1.29 is 28.2 Å². The first-order valence-electron chi connectivity index (χ1n) is 12.4. The summed E-state index contributed by atoms with van der Waals surface area (Å²) in [6, 6.07) is 8.97. The number of rotatable bonds is 6. The van der Waals surface area contributed by atoms with Gasteiger partial charge in [0.1, 0.15) is 29.3 Å². The molecule has 1 aliphatic heterocycles. The maximum atomic E-state index is 14.6. The average Bonchev–Trinajstić information content (AvgIpc) is 3.32. The molecule has 4 aromatic rings. The fraction of sp³-hybridized carbons (Fsp3) is 0.321. The molecule has 1 atom stereocenters. The molecule has 0 aliphatic carbocycles. The standard InChI is InChI=1S/C28H27ClF2N4O4/c1-16-9-23(35-13-18(31)12-32-35)19-5-4-6-25(26(19)33-16)39-14-21-20(10-17(30)11-22(21)29)24-15-38-8-7-34(24)27(36)28(2,3)37/h4-6,9-13,24,37H,7-8,14-15H2,1-3H3/t24-/m0/s1. The third kappa shape index (κ3) is 5.45. The van der Waals surface area contributed by atoms with Crippen LogP contribution in [0.3, 0.4) is 0 Å². The lowest BCUT2D eigenvalue weighted by Crippen LogP contribution is -2.51. The van der Waals surface area contributed by atoms with Gasteiger partial charge in [-0.1, -0.05) is 23.7 Å². The van der Waals surface area contributed by atoms with Crippen LogP contribution in [-0.4, -0.2) is 56.0 Å². The first kappa shape index (κ1) is 27.0. The molecule has 0 spiro atoms. The molecule has 0 bridgehead atoms. The van der Waals surface area contributed by atoms with Crippen LogP contribution in [0.5, 0.6) is 5.75 Å². The molecule has 3 heterocycles. The summed E-state index contributed by atoms with van der Waals surface area (Å²) in [6.45, 7) is 5.19. The highest BCUT2D eigenvalue weighted by molar-refractivity contribution is 6.31. The summed E-state index contributed by atoms with van der Waals surface area (Å²) in [4.78, 5) is 19.1. The number of amides is 1. The highest BCUT2D eigenvalue weighted by Crippen LogP contribution is 2.35. The molecular weight excluding hydrogens is 530 g/mol. The van der Waals surface area contributed by atoms with Crippen LogP contribution in [-0.2, 0) is 16.1 Å². The van der Waals surface area contributed by atoms with Gasteiger partial charge in [0.2, 0.25) is 0 Å². The Morgan fingerprint density at radius 2 is 2.05 bits per heavy atom. The second-order valence-corrected chi connectivity index (χ2v) is 10.3. The van der Waals surface area contributed by atoms with Crippen LogP contribution in [0.15, 0.2) is 48.8 Å². The molecule has 5 rings (SSSR count). The minimum Gasteiger partial charge on any atom is -0.487 e. The molecule has 1 aliphatic rings. The average molecular weight is 557 g/mol. The van der Waals surface area contributed by atoms with Gasteiger partial charge in [-0.15, -0.1) is 0 Å². The first-order chi connectivity index (χ1) is 18.5. The number of benzene rings is 2. The van der Waals surface area contributed by atoms with Crippen molar-refractivity contribution in [3.8, 4) is 11.4 Å². The fourth-order valence-corrected chi connectivity index (χ4v) is 5.01. The van der Waals surface area contributed by atoms with Crippen molar-refractivity contribution in [1.82, 2.24) is 19.7 Å². The summed E-state index contributed by atoms with van der Waals surface area (Å²) in [5.74, 6) is -1.11. The van der Waals surface area contributed by atoms with Crippen LogP contribution >= 0.6 is 11.6 Å². The molecule has 8 nitrogen and oxygen atoms in total. The highest BCUT2D eigenvalue weighted by Gasteiger charge is 2.37. The number of carbonyl (C=O) groups is 1. The Hall–Kier alpha value is -3.60. The Labute approximate surface area is 228 Å². The predicted molar refractivity (Wildman–Crippen MR) is 141 cm³/mol. The van der Waals surface area contributed by atoms with Crippen molar-refractivity contribution in [3.05, 3.63) is 82.3 Å². The van der Waals surface area contributed by atoms with E-state index in [0.717, 1.165) is 6.20 Å². The van der Waals surface area contributed by atoms with E-state index in [9.17, 15) is 18.7 Å². The quantitative estimate of drug-likeness (QED) is 0.363. The molecule has 0 unspecified atom stereocenters. The number of hydrogen-bond acceptors (Lipinski definition) is 6. The van der Waals surface area contributed by atoms with E-state index >= 15 is 0 Å². The fourth-order valence-electron chi connectivity index (χ4n) is 4.75. The van der Waals surface area contributed by atoms with Gasteiger partial charge in [0.05, 0.1) is 42.4 Å². The van der Waals surface area contributed by atoms with E-state index in [0.29, 0.717) is 39.2 Å². The molecular formula is C28H27ClF2N4O4. The van der Waals surface area contributed by atoms with Crippen molar-refractivity contribution in [2.24, 2.45) is 0 Å². The van der Waals surface area contributed by atoms with E-state index < -0.39 is 29.2 Å². The molecule has 1 fully saturated rings. The molecule has 1 amide bonds. The molecule has 0 radical (unpaired) electrons. The van der Waals surface area contributed by atoms with Gasteiger partial charge in [-0.05, 0) is 50.6 Å². The van der Waals surface area contributed by atoms with Gasteiger partial charge in [0.25, 0.3) is 5.91 Å². The van der Waals surface area contributed by atoms with Crippen molar-refractivity contribution in [2.75, 3.05) is 19.8 Å². The summed E-state index contributed by atoms with van der Waals surface area (Å²) < 4.78 is 41.5. The Morgan fingerprint density at radius 3 is 2.77 bits per heavy atom. The van der Waals surface area contributed by atoms with Crippen molar-refractivity contribution in [1.29, 1.82) is 0 Å². The minimum absolute atomic E-state index is 0.0596. The third-order valence-corrected chi connectivity index (χ3v) is 6.88. The van der Waals surface area contributed by atoms with Crippen LogP contribution in [0.2, 0.25) is 5.02 Å². The summed E-state index contributed by atoms with van der Waals surface area (Å²) in [6.07, 6.45) is 2.40. The molecule has 1 saturated heterocycles. The zero-order valence-electron chi connectivity index (χ0n) is 21.6. The van der Waals surface area contributed by atoms with Gasteiger partial charge in [-0.2, -0.15) is 5.10 Å². The molecule has 0 saturated carbocycles. The number of para-hydroxylation sites is 1. The Balaban J connectivity index is 1.53. The van der Waals surface area contributed by atoms with Crippen LogP contribution in [0.4, 0.5) is 8.78 Å². The number of fused-ring (bicyclic) bond motifs is 1. The lowest BCUT2D eigenvalue weighted by atomic mass is 9.96. The number of pyridine rings is 1. The maximum Gasteiger partial charge on any atom is 0.254 e. The van der Waals surface area contributed by atoms with Gasteiger partial charge in [-0.25, -0.2) is 18.4 Å². The second kappa shape index (κ2) is 10.5. The zero-order chi connectivity index (χ0) is 27.9. The number of hydrogen-bond donors (Lipinski definition) is 1. The van der Waals surface area contributed by atoms with E-state index in [1.165, 1.54) is 41.8 Å². The predicted octanol–water partition coefficient (Wildman–Crippen LogP) is 4.91. The SMILES string of the molecule is Cc1cc(-n2cc(F)cn2)c2cccc(OCc3c(Cl)cc(F)cc3[C@@H]3COCCN3C(=O)C(C)(C)O)c2n1. The second-order valence-electron chi connectivity index (χ2n) is 9.93. The van der Waals surface area contributed by atoms with Gasteiger partial charge < -0.3 is 19.5 Å². The lowest BCUT2D eigenvalue weighted by molar-refractivity contribution is -0.157. The summed E-state index contributed by atoms with van der Waals surface area (Å²) in [5.41, 5.74) is 1.11. The van der Waals surface area contributed by atoms with E-state index in [1.807, 2.05) is 13.0 Å². The number of ether oxygens (including phenoxy) is 2. The lowest BCUT2D eigenvalue weighted by Gasteiger charge is -2.39. The summed E-state index contributed by atoms with van der Waals surface area (Å²) in [7, 11) is 0. The van der Waals surface area contributed by atoms with Crippen LogP contribution < -0.4 is 4.74 Å². The summed E-state index contributed by atoms with van der Waals surface area (Å²) >= 11 is 6.51. The number of halogens is 3. The normalized spacial score (nSPS) is 16.1. The van der Waals surface area contributed by atoms with Gasteiger partial charge in [-0.3, -0.25) is 4.79 Å². The Kier molecular flexibility index (Phi) is 7.28. The maximum absolute atomic E-state index is 14.6. The van der Waals surface area contributed by atoms with Gasteiger partial charge in [0, 0.05) is 23.2 Å². The van der Waals surface area contributed by atoms with Crippen molar-refractivity contribution in [3.63, 3.8) is 0 Å². The first-order valence-corrected chi connectivity index (χ1v) is 12.7. The molecule has 2 aromatic heterocycles. The molecule has 2 aromatic carbocycles. The molecule has 11 heteroatoms. The largest absolute Gasteiger partial charge is 0.487 e. The number of morpholine rings is 1. The molecule has 39 heavy (non-hydrogen) atoms. The van der Waals surface area contributed by atoms with Crippen molar-refractivity contribution >= 4 is 28.4 Å². The number of carbonyl (C=O) groups excluding carboxylic acids is 1. The number of nitrogens with zero attached hydrogens (tertiary/aromatic N) is 4. The van der Waals surface area contributed by atoms with E-state index in [-0.39, 0.29) is 31.4 Å². The van der Waals surface area contributed by atoms with Gasteiger partial charge >= 0.3 is 0 Å². The Morgan fingerprint density at radius 1 is 1.26 bits per heavy atom. The smallest absolute Gasteiger partial charge is 0.254 e. The topological polar surface area (TPSA) is 89.7 Å². The monoisotopic (exact) mass is 556 g/mol. The van der Waals surface area contributed by atoms with Crippen LogP contribution in [0.1, 0.15) is 36.7 Å². The zero-order valence-corrected chi connectivity index (χ0v) is 22.4. The van der Waals surface area contributed by atoms with Gasteiger partial charge in [0.15, 0.2) is 5.82 Å².